The Kier molecular flexibility index (Phi) is 2.77. The van der Waals surface area contributed by atoms with Crippen LogP contribution in [0.25, 0.3) is 0 Å². The molecule has 2 aliphatic rings. The lowest BCUT2D eigenvalue weighted by atomic mass is 10.3. The summed E-state index contributed by atoms with van der Waals surface area (Å²) < 4.78 is 10.7. The number of nitrogens with zero attached hydrogens (tertiary/aromatic N) is 1. The van der Waals surface area contributed by atoms with Crippen LogP contribution in [0.4, 0.5) is 0 Å². The largest absolute Gasteiger partial charge is 0.376 e. The van der Waals surface area contributed by atoms with Crippen molar-refractivity contribution < 1.29 is 9.47 Å². The maximum absolute atomic E-state index is 5.46. The van der Waals surface area contributed by atoms with Crippen molar-refractivity contribution in [2.45, 2.75) is 25.0 Å². The molecule has 0 aromatic carbocycles. The highest BCUT2D eigenvalue weighted by atomic mass is 16.6. The van der Waals surface area contributed by atoms with Gasteiger partial charge in [-0.15, -0.1) is 0 Å². The minimum Gasteiger partial charge on any atom is -0.376 e. The van der Waals surface area contributed by atoms with E-state index in [0.29, 0.717) is 25.9 Å². The lowest BCUT2D eigenvalue weighted by Gasteiger charge is -2.23. The summed E-state index contributed by atoms with van der Waals surface area (Å²) >= 11 is 0. The molecule has 1 aliphatic carbocycles. The van der Waals surface area contributed by atoms with Crippen LogP contribution < -0.4 is 11.3 Å². The number of hydrogen-bond acceptors (Lipinski definition) is 4. The zero-order chi connectivity index (χ0) is 9.10. The number of nitrogens with two attached hydrogens (primary N) is 1. The van der Waals surface area contributed by atoms with Crippen LogP contribution >= 0.6 is 0 Å². The van der Waals surface area contributed by atoms with Gasteiger partial charge < -0.3 is 14.9 Å². The van der Waals surface area contributed by atoms with Crippen LogP contribution in [0.5, 0.6) is 0 Å². The van der Waals surface area contributed by atoms with E-state index in [4.69, 9.17) is 15.3 Å². The number of rotatable bonds is 2. The van der Waals surface area contributed by atoms with Crippen LogP contribution in [0, 0.1) is 0 Å². The van der Waals surface area contributed by atoms with E-state index in [2.05, 4.69) is 10.4 Å². The number of amidine groups is 1. The Morgan fingerprint density at radius 2 is 2.23 bits per heavy atom. The summed E-state index contributed by atoms with van der Waals surface area (Å²) in [5.41, 5.74) is 2.59. The molecule has 0 aromatic rings. The molecular formula is C8H15N3O2. The summed E-state index contributed by atoms with van der Waals surface area (Å²) in [7, 11) is 0. The summed E-state index contributed by atoms with van der Waals surface area (Å²) in [6, 6.07) is 0.455. The summed E-state index contributed by atoms with van der Waals surface area (Å²) in [6.07, 6.45) is 2.23. The predicted molar refractivity (Wildman–Crippen MR) is 48.3 cm³/mol. The minimum absolute atomic E-state index is 0.0978. The van der Waals surface area contributed by atoms with Crippen molar-refractivity contribution in [1.29, 1.82) is 0 Å². The van der Waals surface area contributed by atoms with Crippen LogP contribution in [0.2, 0.25) is 0 Å². The van der Waals surface area contributed by atoms with Crippen LogP contribution in [0.3, 0.4) is 0 Å². The Balaban J connectivity index is 1.93. The van der Waals surface area contributed by atoms with Gasteiger partial charge in [0, 0.05) is 0 Å². The molecule has 0 radical (unpaired) electrons. The number of ether oxygens (including phenoxy) is 2. The SMILES string of the molecule is NNC(=NC1CC1)C1COCCO1. The van der Waals surface area contributed by atoms with Gasteiger partial charge in [-0.25, -0.2) is 5.84 Å². The molecule has 0 spiro atoms. The second-order valence-corrected chi connectivity index (χ2v) is 3.32. The van der Waals surface area contributed by atoms with E-state index in [1.165, 1.54) is 12.8 Å². The van der Waals surface area contributed by atoms with E-state index in [1.54, 1.807) is 0 Å². The second kappa shape index (κ2) is 4.04. The van der Waals surface area contributed by atoms with Crippen LogP contribution in [-0.4, -0.2) is 37.8 Å². The highest BCUT2D eigenvalue weighted by Crippen LogP contribution is 2.23. The molecule has 2 fully saturated rings. The maximum atomic E-state index is 5.46. The van der Waals surface area contributed by atoms with E-state index in [9.17, 15) is 0 Å². The van der Waals surface area contributed by atoms with Gasteiger partial charge in [0.1, 0.15) is 11.9 Å². The van der Waals surface area contributed by atoms with E-state index in [-0.39, 0.29) is 6.10 Å². The molecule has 1 atom stereocenters. The Labute approximate surface area is 77.3 Å². The summed E-state index contributed by atoms with van der Waals surface area (Å²) in [5.74, 6) is 6.09. The van der Waals surface area contributed by atoms with E-state index in [1.807, 2.05) is 0 Å². The minimum atomic E-state index is -0.0978. The molecular weight excluding hydrogens is 170 g/mol. The van der Waals surface area contributed by atoms with Crippen molar-refractivity contribution in [3.63, 3.8) is 0 Å². The molecule has 1 saturated carbocycles. The number of hydrazine groups is 1. The Hall–Kier alpha value is -0.650. The van der Waals surface area contributed by atoms with Crippen molar-refractivity contribution in [3.8, 4) is 0 Å². The maximum Gasteiger partial charge on any atom is 0.143 e. The molecule has 1 aliphatic heterocycles. The number of aliphatic imine (C=N–C) groups is 1. The molecule has 1 unspecified atom stereocenters. The molecule has 0 aromatic heterocycles. The fraction of sp³-hybridized carbons (Fsp3) is 0.875. The molecule has 0 bridgehead atoms. The first-order valence-electron chi connectivity index (χ1n) is 4.64. The van der Waals surface area contributed by atoms with Gasteiger partial charge in [-0.2, -0.15) is 0 Å². The van der Waals surface area contributed by atoms with Crippen LogP contribution in [-0.2, 0) is 9.47 Å². The first-order valence-corrected chi connectivity index (χ1v) is 4.64. The topological polar surface area (TPSA) is 68.9 Å². The normalized spacial score (nSPS) is 30.2. The molecule has 1 heterocycles. The zero-order valence-electron chi connectivity index (χ0n) is 7.53. The number of nitrogens with one attached hydrogen (secondary N) is 1. The highest BCUT2D eigenvalue weighted by molar-refractivity contribution is 5.86. The molecule has 74 valence electrons. The summed E-state index contributed by atoms with van der Waals surface area (Å²) in [5, 5.41) is 0. The van der Waals surface area contributed by atoms with E-state index in [0.717, 1.165) is 5.84 Å². The van der Waals surface area contributed by atoms with Crippen molar-refractivity contribution in [3.05, 3.63) is 0 Å². The predicted octanol–water partition coefficient (Wildman–Crippen LogP) is -0.574. The molecule has 0 amide bonds. The van der Waals surface area contributed by atoms with Crippen LogP contribution in [0.15, 0.2) is 4.99 Å². The fourth-order valence-corrected chi connectivity index (χ4v) is 1.26. The Morgan fingerprint density at radius 1 is 1.38 bits per heavy atom. The van der Waals surface area contributed by atoms with Crippen molar-refractivity contribution in [2.75, 3.05) is 19.8 Å². The smallest absolute Gasteiger partial charge is 0.143 e. The average molecular weight is 185 g/mol. The lowest BCUT2D eigenvalue weighted by molar-refractivity contribution is -0.0606. The third kappa shape index (κ3) is 2.40. The zero-order valence-corrected chi connectivity index (χ0v) is 7.53. The third-order valence-electron chi connectivity index (χ3n) is 2.14. The van der Waals surface area contributed by atoms with Gasteiger partial charge in [0.05, 0.1) is 25.9 Å². The molecule has 13 heavy (non-hydrogen) atoms. The molecule has 2 rings (SSSR count). The van der Waals surface area contributed by atoms with Crippen LogP contribution in [0.1, 0.15) is 12.8 Å². The monoisotopic (exact) mass is 185 g/mol. The third-order valence-corrected chi connectivity index (χ3v) is 2.14. The Morgan fingerprint density at radius 3 is 2.77 bits per heavy atom. The molecule has 1 saturated heterocycles. The van der Waals surface area contributed by atoms with Crippen molar-refractivity contribution in [1.82, 2.24) is 5.43 Å². The highest BCUT2D eigenvalue weighted by Gasteiger charge is 2.25. The second-order valence-electron chi connectivity index (χ2n) is 3.32. The van der Waals surface area contributed by atoms with Gasteiger partial charge >= 0.3 is 0 Å². The Bertz CT molecular complexity index is 198. The molecule has 5 heteroatoms. The van der Waals surface area contributed by atoms with Gasteiger partial charge in [0.2, 0.25) is 0 Å². The van der Waals surface area contributed by atoms with E-state index >= 15 is 0 Å². The quantitative estimate of drug-likeness (QED) is 0.261. The van der Waals surface area contributed by atoms with E-state index < -0.39 is 0 Å². The van der Waals surface area contributed by atoms with Crippen molar-refractivity contribution in [2.24, 2.45) is 10.8 Å². The van der Waals surface area contributed by atoms with Crippen molar-refractivity contribution >= 4 is 5.84 Å². The molecule has 3 N–H and O–H groups in total. The van der Waals surface area contributed by atoms with Gasteiger partial charge in [0.25, 0.3) is 0 Å². The lowest BCUT2D eigenvalue weighted by Crippen LogP contribution is -2.46. The van der Waals surface area contributed by atoms with Gasteiger partial charge in [0.15, 0.2) is 0 Å². The van der Waals surface area contributed by atoms with Gasteiger partial charge in [-0.3, -0.25) is 4.99 Å². The summed E-state index contributed by atoms with van der Waals surface area (Å²) in [6.45, 7) is 1.84. The molecule has 5 nitrogen and oxygen atoms in total. The summed E-state index contributed by atoms with van der Waals surface area (Å²) in [4.78, 5) is 4.41. The standard InChI is InChI=1S/C8H15N3O2/c9-11-8(10-6-1-2-6)7-5-12-3-4-13-7/h6-7H,1-5,9H2,(H,10,11). The average Bonchev–Trinajstić information content (AvgIpc) is 2.99. The van der Waals surface area contributed by atoms with Gasteiger partial charge in [-0.05, 0) is 12.8 Å². The number of hydrogen-bond donors (Lipinski definition) is 2. The fourth-order valence-electron chi connectivity index (χ4n) is 1.26. The van der Waals surface area contributed by atoms with Gasteiger partial charge in [-0.1, -0.05) is 0 Å². The first kappa shape index (κ1) is 8.93. The first-order chi connectivity index (χ1) is 6.40.